The Balaban J connectivity index is 2.17. The molecule has 1 atom stereocenters. The predicted molar refractivity (Wildman–Crippen MR) is 42.2 cm³/mol. The second kappa shape index (κ2) is 3.67. The van der Waals surface area contributed by atoms with Gasteiger partial charge in [0.2, 0.25) is 0 Å². The topological polar surface area (TPSA) is 9.23 Å². The molecule has 1 saturated heterocycles. The van der Waals surface area contributed by atoms with Crippen molar-refractivity contribution in [2.45, 2.75) is 29.8 Å². The molecule has 1 aliphatic heterocycles. The van der Waals surface area contributed by atoms with Crippen molar-refractivity contribution >= 4 is 22.6 Å². The van der Waals surface area contributed by atoms with E-state index in [1.54, 1.807) is 0 Å². The fourth-order valence-electron chi connectivity index (χ4n) is 0.878. The summed E-state index contributed by atoms with van der Waals surface area (Å²) in [5.41, 5.74) is 0. The van der Waals surface area contributed by atoms with E-state index in [-0.39, 0.29) is 0 Å². The van der Waals surface area contributed by atoms with Crippen LogP contribution in [0, 0.1) is 0 Å². The third-order valence-corrected chi connectivity index (χ3v) is 2.36. The van der Waals surface area contributed by atoms with Crippen molar-refractivity contribution in [3.05, 3.63) is 0 Å². The molecule has 0 aromatic rings. The second-order valence-corrected chi connectivity index (χ2v) is 3.52. The minimum absolute atomic E-state index is 0.495. The number of ether oxygens (including phenoxy) is 1. The first kappa shape index (κ1) is 6.81. The van der Waals surface area contributed by atoms with Crippen LogP contribution in [0.4, 0.5) is 0 Å². The molecule has 0 spiro atoms. The Labute approximate surface area is 63.9 Å². The van der Waals surface area contributed by atoms with Crippen LogP contribution >= 0.6 is 22.6 Å². The number of hydrogen-bond donors (Lipinski definition) is 0. The molecule has 0 N–H and O–H groups in total. The van der Waals surface area contributed by atoms with E-state index in [0.717, 1.165) is 6.61 Å². The van der Waals surface area contributed by atoms with Gasteiger partial charge in [-0.1, -0.05) is 29.0 Å². The molecule has 2 heteroatoms. The van der Waals surface area contributed by atoms with E-state index in [1.165, 1.54) is 25.7 Å². The Morgan fingerprint density at radius 1 is 1.25 bits per heavy atom. The molecular formula is C6H11IO. The summed E-state index contributed by atoms with van der Waals surface area (Å²) >= 11 is 2.36. The fraction of sp³-hybridized carbons (Fsp3) is 1.00. The Bertz CT molecular complexity index is 57.5. The third-order valence-electron chi connectivity index (χ3n) is 1.37. The molecule has 1 aliphatic rings. The zero-order chi connectivity index (χ0) is 5.82. The van der Waals surface area contributed by atoms with Crippen LogP contribution in [0.5, 0.6) is 0 Å². The van der Waals surface area contributed by atoms with E-state index in [1.807, 2.05) is 0 Å². The van der Waals surface area contributed by atoms with Crippen molar-refractivity contribution in [1.82, 2.24) is 0 Å². The molecule has 0 amide bonds. The molecule has 48 valence electrons. The fourth-order valence-corrected chi connectivity index (χ4v) is 1.57. The van der Waals surface area contributed by atoms with E-state index in [2.05, 4.69) is 22.6 Å². The maximum absolute atomic E-state index is 5.39. The van der Waals surface area contributed by atoms with Gasteiger partial charge in [0.1, 0.15) is 4.11 Å². The smallest absolute Gasteiger partial charge is 0.108 e. The first-order valence-corrected chi connectivity index (χ1v) is 4.40. The van der Waals surface area contributed by atoms with Crippen LogP contribution in [0.3, 0.4) is 0 Å². The molecule has 1 rings (SSSR count). The first-order valence-electron chi connectivity index (χ1n) is 3.15. The van der Waals surface area contributed by atoms with Gasteiger partial charge in [-0.25, -0.2) is 0 Å². The van der Waals surface area contributed by atoms with E-state index in [9.17, 15) is 0 Å². The van der Waals surface area contributed by atoms with Crippen molar-refractivity contribution < 1.29 is 4.74 Å². The standard InChI is InChI=1S/C6H11IO/c7-6-4-2-1-3-5-8-6/h6H,1-5H2. The maximum Gasteiger partial charge on any atom is 0.108 e. The summed E-state index contributed by atoms with van der Waals surface area (Å²) in [5.74, 6) is 0. The molecule has 0 aromatic heterocycles. The van der Waals surface area contributed by atoms with Gasteiger partial charge < -0.3 is 4.74 Å². The average Bonchev–Trinajstić information content (AvgIpc) is 1.94. The highest BCUT2D eigenvalue weighted by atomic mass is 127. The molecule has 0 saturated carbocycles. The highest BCUT2D eigenvalue weighted by molar-refractivity contribution is 14.1. The van der Waals surface area contributed by atoms with Gasteiger partial charge in [-0.2, -0.15) is 0 Å². The lowest BCUT2D eigenvalue weighted by Crippen LogP contribution is -2.00. The first-order chi connectivity index (χ1) is 3.89. The molecular weight excluding hydrogens is 215 g/mol. The Morgan fingerprint density at radius 3 is 3.00 bits per heavy atom. The predicted octanol–water partition coefficient (Wildman–Crippen LogP) is 2.34. The number of alkyl halides is 1. The van der Waals surface area contributed by atoms with Gasteiger partial charge in [0.15, 0.2) is 0 Å². The van der Waals surface area contributed by atoms with Crippen molar-refractivity contribution in [1.29, 1.82) is 0 Å². The summed E-state index contributed by atoms with van der Waals surface area (Å²) in [6.07, 6.45) is 5.23. The summed E-state index contributed by atoms with van der Waals surface area (Å²) in [6.45, 7) is 0.980. The van der Waals surface area contributed by atoms with Gasteiger partial charge in [0.05, 0.1) is 0 Å². The quantitative estimate of drug-likeness (QED) is 0.455. The lowest BCUT2D eigenvalue weighted by molar-refractivity contribution is 0.130. The van der Waals surface area contributed by atoms with Crippen LogP contribution in [0.2, 0.25) is 0 Å². The summed E-state index contributed by atoms with van der Waals surface area (Å²) in [4.78, 5) is 0. The number of halogens is 1. The van der Waals surface area contributed by atoms with Gasteiger partial charge in [0.25, 0.3) is 0 Å². The van der Waals surface area contributed by atoms with Gasteiger partial charge in [-0.05, 0) is 19.3 Å². The second-order valence-electron chi connectivity index (χ2n) is 2.13. The number of hydrogen-bond acceptors (Lipinski definition) is 1. The molecule has 1 unspecified atom stereocenters. The zero-order valence-electron chi connectivity index (χ0n) is 4.90. The minimum atomic E-state index is 0.495. The highest BCUT2D eigenvalue weighted by Gasteiger charge is 2.06. The van der Waals surface area contributed by atoms with Crippen LogP contribution in [0.25, 0.3) is 0 Å². The zero-order valence-corrected chi connectivity index (χ0v) is 7.06. The van der Waals surface area contributed by atoms with E-state index >= 15 is 0 Å². The van der Waals surface area contributed by atoms with Crippen LogP contribution in [-0.4, -0.2) is 10.7 Å². The van der Waals surface area contributed by atoms with Gasteiger partial charge in [0, 0.05) is 6.61 Å². The van der Waals surface area contributed by atoms with Crippen molar-refractivity contribution in [2.24, 2.45) is 0 Å². The lowest BCUT2D eigenvalue weighted by Gasteiger charge is -2.03. The summed E-state index contributed by atoms with van der Waals surface area (Å²) in [6, 6.07) is 0. The van der Waals surface area contributed by atoms with Crippen LogP contribution in [0.1, 0.15) is 25.7 Å². The van der Waals surface area contributed by atoms with Crippen molar-refractivity contribution in [3.8, 4) is 0 Å². The monoisotopic (exact) mass is 226 g/mol. The highest BCUT2D eigenvalue weighted by Crippen LogP contribution is 2.17. The molecule has 1 heterocycles. The third kappa shape index (κ3) is 2.31. The molecule has 0 radical (unpaired) electrons. The number of rotatable bonds is 0. The summed E-state index contributed by atoms with van der Waals surface area (Å²) < 4.78 is 5.88. The summed E-state index contributed by atoms with van der Waals surface area (Å²) in [5, 5.41) is 0. The minimum Gasteiger partial charge on any atom is -0.368 e. The molecule has 0 aromatic carbocycles. The van der Waals surface area contributed by atoms with Crippen LogP contribution in [-0.2, 0) is 4.74 Å². The Kier molecular flexibility index (Phi) is 3.12. The summed E-state index contributed by atoms with van der Waals surface area (Å²) in [7, 11) is 0. The van der Waals surface area contributed by atoms with Gasteiger partial charge in [-0.15, -0.1) is 0 Å². The Hall–Kier alpha value is 0.690. The normalized spacial score (nSPS) is 31.9. The molecule has 8 heavy (non-hydrogen) atoms. The molecule has 1 fully saturated rings. The average molecular weight is 226 g/mol. The van der Waals surface area contributed by atoms with Crippen molar-refractivity contribution in [2.75, 3.05) is 6.61 Å². The molecule has 1 nitrogen and oxygen atoms in total. The lowest BCUT2D eigenvalue weighted by atomic mass is 10.2. The largest absolute Gasteiger partial charge is 0.368 e. The van der Waals surface area contributed by atoms with E-state index in [4.69, 9.17) is 4.74 Å². The molecule has 0 aliphatic carbocycles. The van der Waals surface area contributed by atoms with Crippen LogP contribution in [0.15, 0.2) is 0 Å². The molecule has 0 bridgehead atoms. The van der Waals surface area contributed by atoms with E-state index in [0.29, 0.717) is 4.11 Å². The van der Waals surface area contributed by atoms with Gasteiger partial charge in [-0.3, -0.25) is 0 Å². The van der Waals surface area contributed by atoms with Crippen LogP contribution < -0.4 is 0 Å². The van der Waals surface area contributed by atoms with E-state index < -0.39 is 0 Å². The van der Waals surface area contributed by atoms with Gasteiger partial charge >= 0.3 is 0 Å². The Morgan fingerprint density at radius 2 is 2.12 bits per heavy atom. The maximum atomic E-state index is 5.39. The van der Waals surface area contributed by atoms with Crippen molar-refractivity contribution in [3.63, 3.8) is 0 Å². The SMILES string of the molecule is IC1CCCCCO1.